The van der Waals surface area contributed by atoms with Crippen molar-refractivity contribution in [2.75, 3.05) is 39.5 Å². The minimum atomic E-state index is -0.369. The number of nitrogens with zero attached hydrogens (tertiary/aromatic N) is 1. The number of ether oxygens (including phenoxy) is 2. The predicted octanol–water partition coefficient (Wildman–Crippen LogP) is 2.52. The van der Waals surface area contributed by atoms with E-state index in [9.17, 15) is 14.4 Å². The second-order valence-electron chi connectivity index (χ2n) is 7.97. The van der Waals surface area contributed by atoms with E-state index in [-0.39, 0.29) is 23.7 Å². The van der Waals surface area contributed by atoms with Gasteiger partial charge in [0.15, 0.2) is 0 Å². The molecule has 8 nitrogen and oxygen atoms in total. The van der Waals surface area contributed by atoms with Crippen molar-refractivity contribution in [1.29, 1.82) is 0 Å². The van der Waals surface area contributed by atoms with Crippen LogP contribution in [0.5, 0.6) is 0 Å². The zero-order chi connectivity index (χ0) is 22.8. The molecular formula is C23H37N3O5. The number of hydrogen-bond donors (Lipinski definition) is 2. The van der Waals surface area contributed by atoms with Crippen molar-refractivity contribution in [2.45, 2.75) is 59.8 Å². The first kappa shape index (κ1) is 24.9. The van der Waals surface area contributed by atoms with Gasteiger partial charge in [-0.1, -0.05) is 0 Å². The number of esters is 1. The molecule has 1 saturated heterocycles. The molecule has 1 fully saturated rings. The molecule has 2 heterocycles. The lowest BCUT2D eigenvalue weighted by molar-refractivity contribution is -0.135. The molecule has 1 atom stereocenters. The Labute approximate surface area is 185 Å². The monoisotopic (exact) mass is 435 g/mol. The fraction of sp³-hybridized carbons (Fsp3) is 0.696. The summed E-state index contributed by atoms with van der Waals surface area (Å²) in [5, 5.41) is 2.96. The van der Waals surface area contributed by atoms with Gasteiger partial charge in [-0.25, -0.2) is 4.79 Å². The van der Waals surface area contributed by atoms with Gasteiger partial charge in [-0.2, -0.15) is 0 Å². The maximum atomic E-state index is 12.8. The normalized spacial score (nSPS) is 16.3. The van der Waals surface area contributed by atoms with Crippen LogP contribution in [0.2, 0.25) is 0 Å². The van der Waals surface area contributed by atoms with Crippen LogP contribution in [0.1, 0.15) is 66.8 Å². The van der Waals surface area contributed by atoms with Gasteiger partial charge in [-0.15, -0.1) is 0 Å². The molecule has 1 unspecified atom stereocenters. The van der Waals surface area contributed by atoms with E-state index in [1.54, 1.807) is 11.8 Å². The van der Waals surface area contributed by atoms with Crippen LogP contribution in [0.25, 0.3) is 0 Å². The molecule has 2 amide bonds. The molecule has 0 aromatic carbocycles. The number of piperidine rings is 1. The Morgan fingerprint density at radius 1 is 1.19 bits per heavy atom. The summed E-state index contributed by atoms with van der Waals surface area (Å²) in [7, 11) is 0. The molecule has 1 aromatic rings. The zero-order valence-corrected chi connectivity index (χ0v) is 19.3. The summed E-state index contributed by atoms with van der Waals surface area (Å²) in [6.07, 6.45) is 3.33. The van der Waals surface area contributed by atoms with E-state index in [2.05, 4.69) is 10.3 Å². The number of amides is 2. The molecule has 1 aliphatic rings. The van der Waals surface area contributed by atoms with Crippen LogP contribution >= 0.6 is 0 Å². The zero-order valence-electron chi connectivity index (χ0n) is 19.3. The van der Waals surface area contributed by atoms with Gasteiger partial charge in [0, 0.05) is 45.0 Å². The Bertz CT molecular complexity index is 759. The van der Waals surface area contributed by atoms with Crippen LogP contribution in [0.15, 0.2) is 0 Å². The molecule has 0 aliphatic carbocycles. The molecule has 31 heavy (non-hydrogen) atoms. The van der Waals surface area contributed by atoms with Gasteiger partial charge >= 0.3 is 5.97 Å². The third-order valence-electron chi connectivity index (χ3n) is 5.77. The summed E-state index contributed by atoms with van der Waals surface area (Å²) in [5.41, 5.74) is 3.17. The van der Waals surface area contributed by atoms with Crippen molar-refractivity contribution in [3.8, 4) is 0 Å². The molecule has 8 heteroatoms. The number of hydrogen-bond acceptors (Lipinski definition) is 5. The molecule has 0 bridgehead atoms. The number of aromatic amines is 1. The van der Waals surface area contributed by atoms with E-state index in [1.807, 2.05) is 20.8 Å². The number of likely N-dealkylation sites (tertiary alicyclic amines) is 1. The van der Waals surface area contributed by atoms with Gasteiger partial charge in [0.05, 0.1) is 12.5 Å². The first-order valence-corrected chi connectivity index (χ1v) is 11.4. The molecule has 174 valence electrons. The van der Waals surface area contributed by atoms with Crippen molar-refractivity contribution >= 4 is 17.8 Å². The topological polar surface area (TPSA) is 101 Å². The van der Waals surface area contributed by atoms with Crippen molar-refractivity contribution in [3.63, 3.8) is 0 Å². The molecule has 1 aliphatic heterocycles. The molecule has 0 spiro atoms. The van der Waals surface area contributed by atoms with Crippen molar-refractivity contribution in [1.82, 2.24) is 15.2 Å². The number of H-pyrrole nitrogens is 1. The lowest BCUT2D eigenvalue weighted by Gasteiger charge is -2.32. The van der Waals surface area contributed by atoms with Gasteiger partial charge in [0.2, 0.25) is 11.8 Å². The lowest BCUT2D eigenvalue weighted by Crippen LogP contribution is -2.45. The summed E-state index contributed by atoms with van der Waals surface area (Å²) in [6, 6.07) is 0. The Morgan fingerprint density at radius 3 is 2.68 bits per heavy atom. The van der Waals surface area contributed by atoms with Gasteiger partial charge in [-0.05, 0) is 64.5 Å². The Kier molecular flexibility index (Phi) is 10.0. The van der Waals surface area contributed by atoms with Crippen LogP contribution < -0.4 is 5.32 Å². The number of nitrogens with one attached hydrogen (secondary N) is 2. The summed E-state index contributed by atoms with van der Waals surface area (Å²) >= 11 is 0. The van der Waals surface area contributed by atoms with Crippen LogP contribution in [0.4, 0.5) is 0 Å². The van der Waals surface area contributed by atoms with Gasteiger partial charge in [0.1, 0.15) is 5.69 Å². The Morgan fingerprint density at radius 2 is 1.97 bits per heavy atom. The summed E-state index contributed by atoms with van der Waals surface area (Å²) in [5.74, 6) is -0.459. The minimum Gasteiger partial charge on any atom is -0.461 e. The number of carbonyl (C=O) groups is 3. The van der Waals surface area contributed by atoms with Gasteiger partial charge in [-0.3, -0.25) is 9.59 Å². The highest BCUT2D eigenvalue weighted by atomic mass is 16.5. The minimum absolute atomic E-state index is 0.0189. The highest BCUT2D eigenvalue weighted by Gasteiger charge is 2.28. The average molecular weight is 436 g/mol. The van der Waals surface area contributed by atoms with Crippen LogP contribution in [-0.2, 0) is 25.5 Å². The molecule has 0 saturated carbocycles. The van der Waals surface area contributed by atoms with Gasteiger partial charge in [0.25, 0.3) is 0 Å². The van der Waals surface area contributed by atoms with Crippen LogP contribution in [0, 0.1) is 19.8 Å². The van der Waals surface area contributed by atoms with Crippen LogP contribution in [-0.4, -0.2) is 67.1 Å². The SMILES string of the molecule is CCOCCCNC(=O)C1CCCN(C(=O)CCc2c(C)[nH]c(C(=O)OCC)c2C)C1. The Balaban J connectivity index is 1.86. The fourth-order valence-electron chi connectivity index (χ4n) is 4.05. The Hall–Kier alpha value is -2.35. The molecule has 2 rings (SSSR count). The molecular weight excluding hydrogens is 398 g/mol. The third kappa shape index (κ3) is 7.09. The lowest BCUT2D eigenvalue weighted by atomic mass is 9.96. The number of aryl methyl sites for hydroxylation is 1. The number of rotatable bonds is 11. The fourth-order valence-corrected chi connectivity index (χ4v) is 4.05. The van der Waals surface area contributed by atoms with E-state index in [0.29, 0.717) is 58.0 Å². The highest BCUT2D eigenvalue weighted by Crippen LogP contribution is 2.22. The van der Waals surface area contributed by atoms with Crippen molar-refractivity contribution < 1.29 is 23.9 Å². The van der Waals surface area contributed by atoms with E-state index < -0.39 is 0 Å². The summed E-state index contributed by atoms with van der Waals surface area (Å²) < 4.78 is 10.4. The molecule has 2 N–H and O–H groups in total. The second-order valence-corrected chi connectivity index (χ2v) is 7.97. The van der Waals surface area contributed by atoms with E-state index in [0.717, 1.165) is 36.1 Å². The van der Waals surface area contributed by atoms with E-state index in [1.165, 1.54) is 0 Å². The molecule has 1 aromatic heterocycles. The predicted molar refractivity (Wildman–Crippen MR) is 118 cm³/mol. The van der Waals surface area contributed by atoms with E-state index in [4.69, 9.17) is 9.47 Å². The number of carbonyl (C=O) groups excluding carboxylic acids is 3. The summed E-state index contributed by atoms with van der Waals surface area (Å²) in [6.45, 7) is 10.9. The maximum Gasteiger partial charge on any atom is 0.355 e. The smallest absolute Gasteiger partial charge is 0.355 e. The largest absolute Gasteiger partial charge is 0.461 e. The van der Waals surface area contributed by atoms with Crippen LogP contribution in [0.3, 0.4) is 0 Å². The molecule has 0 radical (unpaired) electrons. The summed E-state index contributed by atoms with van der Waals surface area (Å²) in [4.78, 5) is 42.2. The first-order valence-electron chi connectivity index (χ1n) is 11.4. The second kappa shape index (κ2) is 12.5. The first-order chi connectivity index (χ1) is 14.9. The highest BCUT2D eigenvalue weighted by molar-refractivity contribution is 5.90. The quantitative estimate of drug-likeness (QED) is 0.411. The maximum absolute atomic E-state index is 12.8. The average Bonchev–Trinajstić information content (AvgIpc) is 3.05. The third-order valence-corrected chi connectivity index (χ3v) is 5.77. The van der Waals surface area contributed by atoms with Crippen molar-refractivity contribution in [2.24, 2.45) is 5.92 Å². The van der Waals surface area contributed by atoms with Crippen molar-refractivity contribution in [3.05, 3.63) is 22.5 Å². The standard InChI is InChI=1S/C23H37N3O5/c1-5-30-14-8-12-24-22(28)18-9-7-13-26(15-18)20(27)11-10-19-16(3)21(25-17(19)4)23(29)31-6-2/h18,25H,5-15H2,1-4H3,(H,24,28). The van der Waals surface area contributed by atoms with E-state index >= 15 is 0 Å². The number of aromatic nitrogens is 1. The van der Waals surface area contributed by atoms with Gasteiger partial charge < -0.3 is 24.7 Å².